The predicted molar refractivity (Wildman–Crippen MR) is 90.2 cm³/mol. The van der Waals surface area contributed by atoms with Crippen LogP contribution in [0, 0.1) is 0 Å². The number of ether oxygens (including phenoxy) is 1. The lowest BCUT2D eigenvalue weighted by atomic mass is 10.3. The highest BCUT2D eigenvalue weighted by Gasteiger charge is 2.15. The summed E-state index contributed by atoms with van der Waals surface area (Å²) < 4.78 is 7.57. The van der Waals surface area contributed by atoms with E-state index in [4.69, 9.17) is 4.74 Å². The molecule has 0 aliphatic heterocycles. The first-order valence-electron chi connectivity index (χ1n) is 7.20. The van der Waals surface area contributed by atoms with Gasteiger partial charge in [-0.05, 0) is 24.3 Å². The van der Waals surface area contributed by atoms with Gasteiger partial charge in [-0.3, -0.25) is 9.20 Å². The Morgan fingerprint density at radius 3 is 2.88 bits per heavy atom. The van der Waals surface area contributed by atoms with Gasteiger partial charge in [-0.25, -0.2) is 14.8 Å². The Labute approximate surface area is 140 Å². The molecular formula is C17H11N3O3S. The zero-order chi connectivity index (χ0) is 16.5. The minimum Gasteiger partial charge on any atom is -0.455 e. The van der Waals surface area contributed by atoms with E-state index in [-0.39, 0.29) is 12.2 Å². The smallest absolute Gasteiger partial charge is 0.345 e. The van der Waals surface area contributed by atoms with E-state index in [9.17, 15) is 9.59 Å². The maximum absolute atomic E-state index is 12.3. The van der Waals surface area contributed by atoms with Crippen molar-refractivity contribution in [1.29, 1.82) is 0 Å². The summed E-state index contributed by atoms with van der Waals surface area (Å²) in [5.41, 5.74) is 0.793. The van der Waals surface area contributed by atoms with Crippen LogP contribution in [-0.2, 0) is 11.3 Å². The lowest BCUT2D eigenvalue weighted by molar-refractivity contribution is 0.0470. The topological polar surface area (TPSA) is 73.6 Å². The zero-order valence-electron chi connectivity index (χ0n) is 12.4. The summed E-state index contributed by atoms with van der Waals surface area (Å²) >= 11 is 1.45. The molecular weight excluding hydrogens is 326 g/mol. The maximum atomic E-state index is 12.3. The van der Waals surface area contributed by atoms with Gasteiger partial charge in [0.2, 0.25) is 0 Å². The van der Waals surface area contributed by atoms with Gasteiger partial charge >= 0.3 is 5.97 Å². The minimum atomic E-state index is -0.704. The molecule has 4 rings (SSSR count). The second-order valence-corrected chi connectivity index (χ2v) is 6.17. The Balaban J connectivity index is 1.58. The SMILES string of the molecule is O=C(OCc1nc2ccccc2s1)c1cnc2ccccn2c1=O. The molecule has 0 unspecified atom stereocenters. The molecule has 0 aliphatic rings. The number of para-hydroxylation sites is 1. The van der Waals surface area contributed by atoms with Crippen LogP contribution in [0.2, 0.25) is 0 Å². The molecule has 118 valence electrons. The first kappa shape index (κ1) is 14.5. The van der Waals surface area contributed by atoms with Crippen LogP contribution < -0.4 is 5.56 Å². The summed E-state index contributed by atoms with van der Waals surface area (Å²) in [6.07, 6.45) is 2.81. The summed E-state index contributed by atoms with van der Waals surface area (Å²) in [5.74, 6) is -0.704. The number of nitrogens with zero attached hydrogens (tertiary/aromatic N) is 3. The van der Waals surface area contributed by atoms with Gasteiger partial charge in [0.05, 0.1) is 10.2 Å². The number of benzene rings is 1. The molecule has 3 aromatic heterocycles. The van der Waals surface area contributed by atoms with Crippen molar-refractivity contribution in [2.24, 2.45) is 0 Å². The Hall–Kier alpha value is -3.06. The van der Waals surface area contributed by atoms with Crippen molar-refractivity contribution in [2.45, 2.75) is 6.61 Å². The highest BCUT2D eigenvalue weighted by atomic mass is 32.1. The van der Waals surface area contributed by atoms with Crippen LogP contribution in [0.25, 0.3) is 15.9 Å². The average molecular weight is 337 g/mol. The Bertz CT molecular complexity index is 1080. The number of hydrogen-bond donors (Lipinski definition) is 0. The second-order valence-electron chi connectivity index (χ2n) is 5.06. The first-order valence-corrected chi connectivity index (χ1v) is 8.02. The fourth-order valence-electron chi connectivity index (χ4n) is 2.35. The third-order valence-electron chi connectivity index (χ3n) is 3.50. The van der Waals surface area contributed by atoms with E-state index >= 15 is 0 Å². The molecule has 0 aliphatic carbocycles. The van der Waals surface area contributed by atoms with E-state index in [1.807, 2.05) is 24.3 Å². The Kier molecular flexibility index (Phi) is 3.55. The van der Waals surface area contributed by atoms with Crippen molar-refractivity contribution >= 4 is 33.2 Å². The monoisotopic (exact) mass is 337 g/mol. The van der Waals surface area contributed by atoms with E-state index in [0.29, 0.717) is 10.7 Å². The highest BCUT2D eigenvalue weighted by Crippen LogP contribution is 2.22. The molecule has 24 heavy (non-hydrogen) atoms. The van der Waals surface area contributed by atoms with E-state index in [0.717, 1.165) is 10.2 Å². The van der Waals surface area contributed by atoms with Gasteiger partial charge in [0, 0.05) is 12.4 Å². The van der Waals surface area contributed by atoms with Gasteiger partial charge in [0.25, 0.3) is 5.56 Å². The highest BCUT2D eigenvalue weighted by molar-refractivity contribution is 7.18. The number of carbonyl (C=O) groups is 1. The molecule has 0 saturated carbocycles. The van der Waals surface area contributed by atoms with Gasteiger partial charge in [0.1, 0.15) is 22.8 Å². The maximum Gasteiger partial charge on any atom is 0.345 e. The fourth-order valence-corrected chi connectivity index (χ4v) is 3.23. The van der Waals surface area contributed by atoms with Crippen molar-refractivity contribution in [3.8, 4) is 0 Å². The molecule has 6 nitrogen and oxygen atoms in total. The van der Waals surface area contributed by atoms with Crippen LogP contribution in [0.15, 0.2) is 59.7 Å². The van der Waals surface area contributed by atoms with Crippen molar-refractivity contribution in [3.63, 3.8) is 0 Å². The second kappa shape index (κ2) is 5.86. The number of thiazole rings is 1. The summed E-state index contributed by atoms with van der Waals surface area (Å²) in [6, 6.07) is 12.9. The van der Waals surface area contributed by atoms with Crippen LogP contribution in [0.3, 0.4) is 0 Å². The largest absolute Gasteiger partial charge is 0.455 e. The zero-order valence-corrected chi connectivity index (χ0v) is 13.2. The molecule has 3 heterocycles. The van der Waals surface area contributed by atoms with Crippen molar-refractivity contribution in [1.82, 2.24) is 14.4 Å². The molecule has 4 aromatic rings. The Morgan fingerprint density at radius 1 is 1.17 bits per heavy atom. The van der Waals surface area contributed by atoms with Crippen molar-refractivity contribution in [3.05, 3.63) is 75.8 Å². The summed E-state index contributed by atoms with van der Waals surface area (Å²) in [5, 5.41) is 0.679. The quantitative estimate of drug-likeness (QED) is 0.537. The normalized spacial score (nSPS) is 11.0. The number of fused-ring (bicyclic) bond motifs is 2. The lowest BCUT2D eigenvalue weighted by Crippen LogP contribution is -2.24. The fraction of sp³-hybridized carbons (Fsp3) is 0.0588. The number of rotatable bonds is 3. The van der Waals surface area contributed by atoms with Crippen LogP contribution in [-0.4, -0.2) is 20.3 Å². The van der Waals surface area contributed by atoms with Crippen LogP contribution in [0.5, 0.6) is 0 Å². The number of esters is 1. The average Bonchev–Trinajstić information content (AvgIpc) is 3.03. The molecule has 1 aromatic carbocycles. The molecule has 0 radical (unpaired) electrons. The lowest BCUT2D eigenvalue weighted by Gasteiger charge is -2.04. The summed E-state index contributed by atoms with van der Waals surface area (Å²) in [7, 11) is 0. The molecule has 7 heteroatoms. The molecule has 0 spiro atoms. The number of hydrogen-bond acceptors (Lipinski definition) is 6. The third-order valence-corrected chi connectivity index (χ3v) is 4.51. The van der Waals surface area contributed by atoms with Gasteiger partial charge in [-0.15, -0.1) is 11.3 Å². The first-order chi connectivity index (χ1) is 11.7. The molecule has 0 fully saturated rings. The number of pyridine rings is 1. The third kappa shape index (κ3) is 2.55. The van der Waals surface area contributed by atoms with E-state index < -0.39 is 11.5 Å². The van der Waals surface area contributed by atoms with Gasteiger partial charge in [-0.1, -0.05) is 18.2 Å². The summed E-state index contributed by atoms with van der Waals surface area (Å²) in [6.45, 7) is 0.0229. The number of carbonyl (C=O) groups excluding carboxylic acids is 1. The molecule has 0 bridgehead atoms. The Morgan fingerprint density at radius 2 is 2.00 bits per heavy atom. The minimum absolute atomic E-state index is 0.0229. The summed E-state index contributed by atoms with van der Waals surface area (Å²) in [4.78, 5) is 33.0. The van der Waals surface area contributed by atoms with Crippen molar-refractivity contribution in [2.75, 3.05) is 0 Å². The number of aromatic nitrogens is 3. The molecule has 0 N–H and O–H groups in total. The van der Waals surface area contributed by atoms with E-state index in [1.165, 1.54) is 21.9 Å². The van der Waals surface area contributed by atoms with Gasteiger partial charge < -0.3 is 4.74 Å². The standard InChI is InChI=1S/C17H11N3O3S/c21-16-11(9-18-14-7-3-4-8-20(14)16)17(22)23-10-15-19-12-5-1-2-6-13(12)24-15/h1-9H,10H2. The molecule has 0 atom stereocenters. The van der Waals surface area contributed by atoms with Crippen LogP contribution in [0.4, 0.5) is 0 Å². The molecule has 0 saturated heterocycles. The van der Waals surface area contributed by atoms with Gasteiger partial charge in [-0.2, -0.15) is 0 Å². The predicted octanol–water partition coefficient (Wildman–Crippen LogP) is 2.66. The van der Waals surface area contributed by atoms with E-state index in [1.54, 1.807) is 24.4 Å². The van der Waals surface area contributed by atoms with Gasteiger partial charge in [0.15, 0.2) is 0 Å². The van der Waals surface area contributed by atoms with Crippen LogP contribution in [0.1, 0.15) is 15.4 Å². The van der Waals surface area contributed by atoms with Crippen molar-refractivity contribution < 1.29 is 9.53 Å². The molecule has 0 amide bonds. The van der Waals surface area contributed by atoms with Crippen LogP contribution >= 0.6 is 11.3 Å². The van der Waals surface area contributed by atoms with E-state index in [2.05, 4.69) is 9.97 Å².